The third kappa shape index (κ3) is 2.53. The normalized spacial score (nSPS) is 10.3. The van der Waals surface area contributed by atoms with Crippen LogP contribution in [0, 0.1) is 20.8 Å². The Hall–Kier alpha value is -2.10. The number of amides is 1. The number of anilines is 1. The molecule has 2 aromatic rings. The van der Waals surface area contributed by atoms with Crippen molar-refractivity contribution in [2.75, 3.05) is 5.32 Å². The lowest BCUT2D eigenvalue weighted by atomic mass is 10.1. The first-order valence-corrected chi connectivity index (χ1v) is 5.47. The third-order valence-electron chi connectivity index (χ3n) is 2.57. The average molecular weight is 229 g/mol. The number of hydrogen-bond acceptors (Lipinski definition) is 2. The molecule has 1 amide bonds. The molecule has 2 N–H and O–H groups in total. The molecule has 4 nitrogen and oxygen atoms in total. The van der Waals surface area contributed by atoms with Crippen LogP contribution in [0.1, 0.15) is 27.2 Å². The highest BCUT2D eigenvalue weighted by Crippen LogP contribution is 2.13. The largest absolute Gasteiger partial charge is 0.305 e. The van der Waals surface area contributed by atoms with Crippen molar-refractivity contribution in [1.82, 2.24) is 10.2 Å². The zero-order valence-corrected chi connectivity index (χ0v) is 10.2. The molecule has 0 aliphatic heterocycles. The first kappa shape index (κ1) is 11.4. The van der Waals surface area contributed by atoms with Crippen molar-refractivity contribution < 1.29 is 4.79 Å². The van der Waals surface area contributed by atoms with E-state index in [-0.39, 0.29) is 5.91 Å². The van der Waals surface area contributed by atoms with E-state index < -0.39 is 0 Å². The third-order valence-corrected chi connectivity index (χ3v) is 2.57. The van der Waals surface area contributed by atoms with Crippen LogP contribution in [0.4, 0.5) is 5.82 Å². The van der Waals surface area contributed by atoms with Crippen LogP contribution in [0.5, 0.6) is 0 Å². The first-order valence-electron chi connectivity index (χ1n) is 5.47. The number of aromatic nitrogens is 2. The lowest BCUT2D eigenvalue weighted by Crippen LogP contribution is -2.13. The van der Waals surface area contributed by atoms with Gasteiger partial charge in [0, 0.05) is 17.3 Å². The summed E-state index contributed by atoms with van der Waals surface area (Å²) < 4.78 is 0. The number of hydrogen-bond donors (Lipinski definition) is 2. The minimum atomic E-state index is -0.131. The SMILES string of the molecule is Cc1ccc(C(=O)Nc2cc(C)[nH]n2)c(C)c1. The predicted molar refractivity (Wildman–Crippen MR) is 67.2 cm³/mol. The molecule has 0 saturated carbocycles. The van der Waals surface area contributed by atoms with E-state index in [9.17, 15) is 4.79 Å². The molecule has 1 heterocycles. The molecule has 4 heteroatoms. The van der Waals surface area contributed by atoms with Gasteiger partial charge in [0.25, 0.3) is 5.91 Å². The number of aryl methyl sites for hydroxylation is 3. The predicted octanol–water partition coefficient (Wildman–Crippen LogP) is 2.59. The summed E-state index contributed by atoms with van der Waals surface area (Å²) in [5, 5.41) is 9.51. The smallest absolute Gasteiger partial charge is 0.257 e. The van der Waals surface area contributed by atoms with E-state index in [1.807, 2.05) is 39.0 Å². The molecule has 2 rings (SSSR count). The van der Waals surface area contributed by atoms with Gasteiger partial charge in [0.05, 0.1) is 0 Å². The van der Waals surface area contributed by atoms with Crippen molar-refractivity contribution in [2.24, 2.45) is 0 Å². The molecule has 0 aliphatic rings. The summed E-state index contributed by atoms with van der Waals surface area (Å²) in [6.07, 6.45) is 0. The number of rotatable bonds is 2. The number of nitrogens with one attached hydrogen (secondary N) is 2. The second-order valence-corrected chi connectivity index (χ2v) is 4.21. The maximum atomic E-state index is 12.0. The fourth-order valence-corrected chi connectivity index (χ4v) is 1.73. The van der Waals surface area contributed by atoms with E-state index in [1.54, 1.807) is 6.07 Å². The van der Waals surface area contributed by atoms with Crippen LogP contribution >= 0.6 is 0 Å². The van der Waals surface area contributed by atoms with Gasteiger partial charge in [0.1, 0.15) is 0 Å². The Morgan fingerprint density at radius 3 is 2.59 bits per heavy atom. The number of aromatic amines is 1. The highest BCUT2D eigenvalue weighted by atomic mass is 16.1. The van der Waals surface area contributed by atoms with Gasteiger partial charge in [0.15, 0.2) is 5.82 Å². The molecule has 0 aliphatic carbocycles. The maximum Gasteiger partial charge on any atom is 0.257 e. The number of carbonyl (C=O) groups excluding carboxylic acids is 1. The van der Waals surface area contributed by atoms with E-state index in [0.29, 0.717) is 11.4 Å². The quantitative estimate of drug-likeness (QED) is 0.831. The van der Waals surface area contributed by atoms with Gasteiger partial charge in [-0.05, 0) is 32.4 Å². The molecule has 0 spiro atoms. The van der Waals surface area contributed by atoms with Crippen LogP contribution in [0.2, 0.25) is 0 Å². The zero-order chi connectivity index (χ0) is 12.4. The molecule has 0 fully saturated rings. The van der Waals surface area contributed by atoms with Crippen LogP contribution < -0.4 is 5.32 Å². The molecule has 0 bridgehead atoms. The Bertz CT molecular complexity index is 558. The monoisotopic (exact) mass is 229 g/mol. The summed E-state index contributed by atoms with van der Waals surface area (Å²) >= 11 is 0. The van der Waals surface area contributed by atoms with Crippen molar-refractivity contribution in [3.8, 4) is 0 Å². The lowest BCUT2D eigenvalue weighted by molar-refractivity contribution is 0.102. The molecule has 0 radical (unpaired) electrons. The Kier molecular flexibility index (Phi) is 2.95. The molecule has 0 atom stereocenters. The van der Waals surface area contributed by atoms with Crippen LogP contribution in [0.25, 0.3) is 0 Å². The molecule has 1 aromatic heterocycles. The van der Waals surface area contributed by atoms with Gasteiger partial charge < -0.3 is 5.32 Å². The molecule has 1 aromatic carbocycles. The Morgan fingerprint density at radius 2 is 2.00 bits per heavy atom. The first-order chi connectivity index (χ1) is 8.06. The van der Waals surface area contributed by atoms with Gasteiger partial charge in [-0.3, -0.25) is 9.89 Å². The molecule has 0 saturated heterocycles. The van der Waals surface area contributed by atoms with Crippen molar-refractivity contribution in [1.29, 1.82) is 0 Å². The van der Waals surface area contributed by atoms with Crippen LogP contribution in [-0.4, -0.2) is 16.1 Å². The topological polar surface area (TPSA) is 57.8 Å². The van der Waals surface area contributed by atoms with Gasteiger partial charge in [-0.15, -0.1) is 0 Å². The second-order valence-electron chi connectivity index (χ2n) is 4.21. The fraction of sp³-hybridized carbons (Fsp3) is 0.231. The number of H-pyrrole nitrogens is 1. The van der Waals surface area contributed by atoms with Gasteiger partial charge in [-0.2, -0.15) is 5.10 Å². The number of carbonyl (C=O) groups is 1. The van der Waals surface area contributed by atoms with E-state index in [1.165, 1.54) is 0 Å². The van der Waals surface area contributed by atoms with Gasteiger partial charge in [0.2, 0.25) is 0 Å². The average Bonchev–Trinajstić information content (AvgIpc) is 2.63. The molecule has 0 unspecified atom stereocenters. The van der Waals surface area contributed by atoms with Crippen molar-refractivity contribution >= 4 is 11.7 Å². The lowest BCUT2D eigenvalue weighted by Gasteiger charge is -2.06. The van der Waals surface area contributed by atoms with Gasteiger partial charge in [-0.25, -0.2) is 0 Å². The summed E-state index contributed by atoms with van der Waals surface area (Å²) in [6.45, 7) is 5.82. The highest BCUT2D eigenvalue weighted by Gasteiger charge is 2.10. The molecule has 17 heavy (non-hydrogen) atoms. The minimum absolute atomic E-state index is 0.131. The zero-order valence-electron chi connectivity index (χ0n) is 10.2. The Morgan fingerprint density at radius 1 is 1.24 bits per heavy atom. The van der Waals surface area contributed by atoms with Crippen molar-refractivity contribution in [3.05, 3.63) is 46.6 Å². The van der Waals surface area contributed by atoms with Crippen LogP contribution in [-0.2, 0) is 0 Å². The molecular weight excluding hydrogens is 214 g/mol. The number of benzene rings is 1. The summed E-state index contributed by atoms with van der Waals surface area (Å²) in [7, 11) is 0. The van der Waals surface area contributed by atoms with E-state index >= 15 is 0 Å². The van der Waals surface area contributed by atoms with E-state index in [2.05, 4.69) is 15.5 Å². The highest BCUT2D eigenvalue weighted by molar-refractivity contribution is 6.04. The summed E-state index contributed by atoms with van der Waals surface area (Å²) in [5.41, 5.74) is 3.71. The maximum absolute atomic E-state index is 12.0. The van der Waals surface area contributed by atoms with Crippen LogP contribution in [0.3, 0.4) is 0 Å². The van der Waals surface area contributed by atoms with Crippen LogP contribution in [0.15, 0.2) is 24.3 Å². The van der Waals surface area contributed by atoms with Crippen molar-refractivity contribution in [2.45, 2.75) is 20.8 Å². The Balaban J connectivity index is 2.20. The summed E-state index contributed by atoms with van der Waals surface area (Å²) in [6, 6.07) is 7.54. The summed E-state index contributed by atoms with van der Waals surface area (Å²) in [5.74, 6) is 0.418. The van der Waals surface area contributed by atoms with Crippen molar-refractivity contribution in [3.63, 3.8) is 0 Å². The van der Waals surface area contributed by atoms with E-state index in [0.717, 1.165) is 16.8 Å². The van der Waals surface area contributed by atoms with Gasteiger partial charge in [-0.1, -0.05) is 17.7 Å². The van der Waals surface area contributed by atoms with E-state index in [4.69, 9.17) is 0 Å². The van der Waals surface area contributed by atoms with Gasteiger partial charge >= 0.3 is 0 Å². The Labute approximate surface area is 100 Å². The standard InChI is InChI=1S/C13H15N3O/c1-8-4-5-11(9(2)6-8)13(17)14-12-7-10(3)15-16-12/h4-7H,1-3H3,(H2,14,15,16,17). The molecular formula is C13H15N3O. The second kappa shape index (κ2) is 4.41. The fourth-order valence-electron chi connectivity index (χ4n) is 1.73. The minimum Gasteiger partial charge on any atom is -0.305 e. The summed E-state index contributed by atoms with van der Waals surface area (Å²) in [4.78, 5) is 12.0. The molecule has 88 valence electrons. The number of nitrogens with zero attached hydrogens (tertiary/aromatic N) is 1.